The Labute approximate surface area is 153 Å². The Morgan fingerprint density at radius 3 is 3.08 bits per heavy atom. The molecule has 1 aliphatic heterocycles. The number of hydrogen-bond donors (Lipinski definition) is 2. The van der Waals surface area contributed by atoms with Gasteiger partial charge in [-0.3, -0.25) is 4.79 Å². The van der Waals surface area contributed by atoms with Crippen LogP contribution >= 0.6 is 11.3 Å². The molecular weight excluding hydrogens is 359 g/mol. The highest BCUT2D eigenvalue weighted by Gasteiger charge is 2.28. The van der Waals surface area contributed by atoms with E-state index in [1.165, 1.54) is 7.11 Å². The van der Waals surface area contributed by atoms with E-state index in [-0.39, 0.29) is 18.2 Å². The number of aromatic nitrogens is 1. The van der Waals surface area contributed by atoms with E-state index in [9.17, 15) is 14.3 Å². The summed E-state index contributed by atoms with van der Waals surface area (Å²) in [5.74, 6) is 5.34. The van der Waals surface area contributed by atoms with Crippen LogP contribution in [0.25, 0.3) is 11.3 Å². The van der Waals surface area contributed by atoms with Crippen LogP contribution in [0.15, 0.2) is 18.2 Å². The average Bonchev–Trinajstić information content (AvgIpc) is 2.99. The molecule has 1 aromatic carbocycles. The zero-order valence-electron chi connectivity index (χ0n) is 14.2. The van der Waals surface area contributed by atoms with Gasteiger partial charge in [-0.2, -0.15) is 0 Å². The number of nitrogens with zero attached hydrogens (tertiary/aromatic N) is 1. The van der Waals surface area contributed by atoms with Crippen molar-refractivity contribution in [3.63, 3.8) is 0 Å². The minimum Gasteiger partial charge on any atom is -0.489 e. The third-order valence-corrected chi connectivity index (χ3v) is 4.82. The molecule has 3 rings (SSSR count). The Morgan fingerprint density at radius 1 is 1.62 bits per heavy atom. The zero-order valence-corrected chi connectivity index (χ0v) is 15.0. The molecule has 0 fully saturated rings. The minimum absolute atomic E-state index is 0.0463. The molecule has 0 radical (unpaired) electrons. The van der Waals surface area contributed by atoms with E-state index >= 15 is 0 Å². The molecule has 0 aliphatic carbocycles. The summed E-state index contributed by atoms with van der Waals surface area (Å²) in [6, 6.07) is 5.05. The fourth-order valence-corrected chi connectivity index (χ4v) is 3.42. The lowest BCUT2D eigenvalue weighted by atomic mass is 10.0. The third-order valence-electron chi connectivity index (χ3n) is 3.67. The number of carbonyl (C=O) groups excluding carboxylic acids is 1. The monoisotopic (exact) mass is 376 g/mol. The Balaban J connectivity index is 2.06. The number of hydrogen-bond acceptors (Lipinski definition) is 6. The average molecular weight is 376 g/mol. The Kier molecular flexibility index (Phi) is 4.96. The van der Waals surface area contributed by atoms with Gasteiger partial charge in [-0.15, -0.1) is 11.3 Å². The number of carbonyl (C=O) groups is 1. The number of amides is 1. The van der Waals surface area contributed by atoms with Crippen LogP contribution in [-0.4, -0.2) is 41.9 Å². The summed E-state index contributed by atoms with van der Waals surface area (Å²) in [4.78, 5) is 15.9. The molecule has 136 valence electrons. The van der Waals surface area contributed by atoms with E-state index in [4.69, 9.17) is 15.2 Å². The van der Waals surface area contributed by atoms with Crippen LogP contribution in [0.5, 0.6) is 5.75 Å². The van der Waals surface area contributed by atoms with Crippen LogP contribution in [0.1, 0.15) is 33.3 Å². The van der Waals surface area contributed by atoms with Gasteiger partial charge < -0.3 is 20.3 Å². The second-order valence-electron chi connectivity index (χ2n) is 6.04. The smallest absolute Gasteiger partial charge is 0.277 e. The van der Waals surface area contributed by atoms with Crippen LogP contribution in [0.4, 0.5) is 4.39 Å². The Morgan fingerprint density at radius 2 is 2.38 bits per heavy atom. The number of fused-ring (bicyclic) bond motifs is 3. The number of halogens is 1. The van der Waals surface area contributed by atoms with E-state index in [1.807, 2.05) is 0 Å². The van der Waals surface area contributed by atoms with Gasteiger partial charge in [0.15, 0.2) is 11.2 Å². The van der Waals surface area contributed by atoms with Gasteiger partial charge in [0.1, 0.15) is 18.0 Å². The van der Waals surface area contributed by atoms with Crippen LogP contribution in [0.3, 0.4) is 0 Å². The number of nitrogens with two attached hydrogens (primary N) is 1. The Hall–Kier alpha value is -2.47. The molecule has 1 aliphatic rings. The molecular formula is C18H17FN2O4S. The summed E-state index contributed by atoms with van der Waals surface area (Å²) in [7, 11) is 1.48. The first-order valence-electron chi connectivity index (χ1n) is 7.77. The summed E-state index contributed by atoms with van der Waals surface area (Å²) in [5, 5.41) is 10.1. The lowest BCUT2D eigenvalue weighted by molar-refractivity contribution is 0.0274. The fraction of sp³-hybridized carbons (Fsp3) is 0.333. The van der Waals surface area contributed by atoms with Gasteiger partial charge in [-0.25, -0.2) is 9.37 Å². The highest BCUT2D eigenvalue weighted by atomic mass is 32.1. The Bertz CT molecular complexity index is 914. The van der Waals surface area contributed by atoms with Gasteiger partial charge >= 0.3 is 0 Å². The molecule has 0 spiro atoms. The molecule has 0 saturated carbocycles. The van der Waals surface area contributed by atoms with Crippen LogP contribution < -0.4 is 10.5 Å². The van der Waals surface area contributed by atoms with E-state index < -0.39 is 17.7 Å². The van der Waals surface area contributed by atoms with Gasteiger partial charge in [0.05, 0.1) is 17.2 Å². The van der Waals surface area contributed by atoms with Crippen molar-refractivity contribution in [2.45, 2.75) is 18.7 Å². The molecule has 0 saturated heterocycles. The molecule has 2 aromatic rings. The maximum absolute atomic E-state index is 14.4. The highest BCUT2D eigenvalue weighted by molar-refractivity contribution is 7.14. The van der Waals surface area contributed by atoms with Crippen LogP contribution in [-0.2, 0) is 4.74 Å². The summed E-state index contributed by atoms with van der Waals surface area (Å²) in [6.07, 6.45) is -1.40. The number of rotatable bonds is 3. The maximum atomic E-state index is 14.4. The number of thiazole rings is 1. The van der Waals surface area contributed by atoms with Crippen LogP contribution in [0, 0.1) is 11.8 Å². The number of alkyl halides is 1. The van der Waals surface area contributed by atoms with Crippen molar-refractivity contribution in [1.29, 1.82) is 0 Å². The van der Waals surface area contributed by atoms with Gasteiger partial charge in [0.2, 0.25) is 0 Å². The van der Waals surface area contributed by atoms with Crippen molar-refractivity contribution >= 4 is 17.2 Å². The first kappa shape index (κ1) is 18.3. The summed E-state index contributed by atoms with van der Waals surface area (Å²) in [5.41, 5.74) is 5.42. The van der Waals surface area contributed by atoms with Crippen molar-refractivity contribution in [2.75, 3.05) is 20.3 Å². The predicted octanol–water partition coefficient (Wildman–Crippen LogP) is 2.06. The molecule has 2 atom stereocenters. The highest BCUT2D eigenvalue weighted by Crippen LogP contribution is 2.42. The third kappa shape index (κ3) is 3.70. The molecule has 3 N–H and O–H groups in total. The summed E-state index contributed by atoms with van der Waals surface area (Å²) < 4.78 is 24.8. The minimum atomic E-state index is -1.40. The van der Waals surface area contributed by atoms with Gasteiger partial charge in [-0.05, 0) is 25.1 Å². The molecule has 1 unspecified atom stereocenters. The van der Waals surface area contributed by atoms with Crippen molar-refractivity contribution in [3.05, 3.63) is 33.6 Å². The lowest BCUT2D eigenvalue weighted by Gasteiger charge is -2.14. The van der Waals surface area contributed by atoms with Crippen molar-refractivity contribution in [3.8, 4) is 28.8 Å². The first-order valence-corrected chi connectivity index (χ1v) is 8.58. The van der Waals surface area contributed by atoms with Crippen molar-refractivity contribution in [2.24, 2.45) is 5.73 Å². The molecule has 8 heteroatoms. The molecule has 1 aromatic heterocycles. The van der Waals surface area contributed by atoms with E-state index in [0.29, 0.717) is 27.4 Å². The molecule has 26 heavy (non-hydrogen) atoms. The van der Waals surface area contributed by atoms with Gasteiger partial charge in [0, 0.05) is 18.2 Å². The normalized spacial score (nSPS) is 17.6. The summed E-state index contributed by atoms with van der Waals surface area (Å²) in [6.45, 7) is 1.44. The standard InChI is InChI=1S/C18H17FN2O4S/c1-18(23,9-24-2)6-5-10-3-4-13-11(7-10)14-15(12(19)8-25-13)26-17(21-14)16(20)22/h3-4,7,12,23H,8-9H2,1-2H3,(H2,20,22)/t12?,18-/m0/s1. The van der Waals surface area contributed by atoms with Crippen LogP contribution in [0.2, 0.25) is 0 Å². The zero-order chi connectivity index (χ0) is 18.9. The van der Waals surface area contributed by atoms with Crippen molar-refractivity contribution < 1.29 is 23.8 Å². The number of methoxy groups -OCH3 is 1. The first-order chi connectivity index (χ1) is 12.3. The van der Waals surface area contributed by atoms with Gasteiger partial charge in [-0.1, -0.05) is 11.8 Å². The number of ether oxygens (including phenoxy) is 2. The summed E-state index contributed by atoms with van der Waals surface area (Å²) >= 11 is 0.925. The largest absolute Gasteiger partial charge is 0.489 e. The number of primary amides is 1. The van der Waals surface area contributed by atoms with Gasteiger partial charge in [0.25, 0.3) is 5.91 Å². The topological polar surface area (TPSA) is 94.7 Å². The maximum Gasteiger partial charge on any atom is 0.277 e. The predicted molar refractivity (Wildman–Crippen MR) is 94.8 cm³/mol. The SMILES string of the molecule is COC[C@@](C)(O)C#Cc1ccc2c(c1)-c1nc(C(N)=O)sc1C(F)CO2. The number of benzene rings is 1. The molecule has 2 heterocycles. The fourth-order valence-electron chi connectivity index (χ4n) is 2.52. The second-order valence-corrected chi connectivity index (χ2v) is 7.07. The lowest BCUT2D eigenvalue weighted by Crippen LogP contribution is -2.27. The molecule has 6 nitrogen and oxygen atoms in total. The number of aliphatic hydroxyl groups is 1. The molecule has 0 bridgehead atoms. The van der Waals surface area contributed by atoms with E-state index in [2.05, 4.69) is 16.8 Å². The van der Waals surface area contributed by atoms with E-state index in [0.717, 1.165) is 11.3 Å². The second kappa shape index (κ2) is 7.03. The van der Waals surface area contributed by atoms with Crippen molar-refractivity contribution in [1.82, 2.24) is 4.98 Å². The van der Waals surface area contributed by atoms with E-state index in [1.54, 1.807) is 25.1 Å². The molecule has 1 amide bonds. The quantitative estimate of drug-likeness (QED) is 0.800.